The smallest absolute Gasteiger partial charge is 0.139 e. The molecule has 0 radical (unpaired) electrons. The fourth-order valence-corrected chi connectivity index (χ4v) is 2.80. The number of hydrogen-bond donors (Lipinski definition) is 1. The molecule has 2 rings (SSSR count). The van der Waals surface area contributed by atoms with Gasteiger partial charge in [-0.1, -0.05) is 18.5 Å². The summed E-state index contributed by atoms with van der Waals surface area (Å²) in [5, 5.41) is 11.1. The SMILES string of the molecule is CCC(C)(O)C1=C(COc2cncc(Cl)c2)CCCC1. The van der Waals surface area contributed by atoms with Crippen LogP contribution >= 0.6 is 11.6 Å². The zero-order valence-corrected chi connectivity index (χ0v) is 12.9. The molecule has 1 heterocycles. The van der Waals surface area contributed by atoms with Crippen molar-refractivity contribution in [1.29, 1.82) is 0 Å². The molecule has 3 nitrogen and oxygen atoms in total. The van der Waals surface area contributed by atoms with E-state index in [0.717, 1.165) is 37.7 Å². The van der Waals surface area contributed by atoms with Crippen molar-refractivity contribution in [3.05, 3.63) is 34.6 Å². The second kappa shape index (κ2) is 6.59. The highest BCUT2D eigenvalue weighted by molar-refractivity contribution is 6.30. The van der Waals surface area contributed by atoms with Gasteiger partial charge in [-0.15, -0.1) is 0 Å². The zero-order chi connectivity index (χ0) is 14.6. The van der Waals surface area contributed by atoms with Crippen molar-refractivity contribution in [2.45, 2.75) is 51.6 Å². The second-order valence-corrected chi connectivity index (χ2v) is 5.98. The lowest BCUT2D eigenvalue weighted by Gasteiger charge is -2.31. The van der Waals surface area contributed by atoms with Gasteiger partial charge in [0.05, 0.1) is 16.8 Å². The van der Waals surface area contributed by atoms with E-state index in [2.05, 4.69) is 4.98 Å². The summed E-state index contributed by atoms with van der Waals surface area (Å²) in [6.07, 6.45) is 8.25. The van der Waals surface area contributed by atoms with Crippen LogP contribution in [0.5, 0.6) is 5.75 Å². The monoisotopic (exact) mass is 295 g/mol. The summed E-state index contributed by atoms with van der Waals surface area (Å²) in [6, 6.07) is 1.76. The fraction of sp³-hybridized carbons (Fsp3) is 0.562. The Labute approximate surface area is 125 Å². The van der Waals surface area contributed by atoms with Crippen LogP contribution in [-0.2, 0) is 0 Å². The van der Waals surface area contributed by atoms with Crippen LogP contribution in [0.25, 0.3) is 0 Å². The quantitative estimate of drug-likeness (QED) is 0.830. The number of ether oxygens (including phenoxy) is 1. The van der Waals surface area contributed by atoms with Crippen molar-refractivity contribution < 1.29 is 9.84 Å². The molecule has 1 atom stereocenters. The Morgan fingerprint density at radius 3 is 2.80 bits per heavy atom. The largest absolute Gasteiger partial charge is 0.488 e. The van der Waals surface area contributed by atoms with Crippen LogP contribution in [0.4, 0.5) is 0 Å². The molecule has 4 heteroatoms. The summed E-state index contributed by atoms with van der Waals surface area (Å²) < 4.78 is 5.78. The lowest BCUT2D eigenvalue weighted by molar-refractivity contribution is 0.0862. The molecule has 0 aromatic carbocycles. The molecule has 0 saturated heterocycles. The molecule has 0 aliphatic heterocycles. The molecule has 110 valence electrons. The van der Waals surface area contributed by atoms with E-state index in [9.17, 15) is 5.11 Å². The normalized spacial score (nSPS) is 18.8. The lowest BCUT2D eigenvalue weighted by atomic mass is 9.81. The first-order valence-corrected chi connectivity index (χ1v) is 7.58. The molecule has 1 unspecified atom stereocenters. The Balaban J connectivity index is 2.12. The van der Waals surface area contributed by atoms with Crippen LogP contribution in [0.1, 0.15) is 46.0 Å². The molecular weight excluding hydrogens is 274 g/mol. The molecule has 1 aromatic rings. The molecule has 1 aliphatic carbocycles. The third kappa shape index (κ3) is 3.74. The Morgan fingerprint density at radius 1 is 1.35 bits per heavy atom. The molecule has 1 aliphatic rings. The molecular formula is C16H22ClNO2. The van der Waals surface area contributed by atoms with Crippen LogP contribution in [0.2, 0.25) is 5.02 Å². The molecule has 0 bridgehead atoms. The topological polar surface area (TPSA) is 42.4 Å². The molecule has 0 amide bonds. The van der Waals surface area contributed by atoms with Gasteiger partial charge < -0.3 is 9.84 Å². The minimum absolute atomic E-state index is 0.507. The van der Waals surface area contributed by atoms with Gasteiger partial charge in [-0.3, -0.25) is 4.98 Å². The minimum atomic E-state index is -0.717. The fourth-order valence-electron chi connectivity index (χ4n) is 2.63. The van der Waals surface area contributed by atoms with E-state index in [4.69, 9.17) is 16.3 Å². The summed E-state index contributed by atoms with van der Waals surface area (Å²) in [5.74, 6) is 0.672. The van der Waals surface area contributed by atoms with Gasteiger partial charge in [0.15, 0.2) is 0 Å². The van der Waals surface area contributed by atoms with Crippen molar-refractivity contribution >= 4 is 11.6 Å². The molecule has 1 N–H and O–H groups in total. The van der Waals surface area contributed by atoms with Crippen molar-refractivity contribution in [1.82, 2.24) is 4.98 Å². The first-order chi connectivity index (χ1) is 9.53. The van der Waals surface area contributed by atoms with Gasteiger partial charge in [-0.25, -0.2) is 0 Å². The van der Waals surface area contributed by atoms with Gasteiger partial charge in [0.25, 0.3) is 0 Å². The highest BCUT2D eigenvalue weighted by atomic mass is 35.5. The molecule has 1 aromatic heterocycles. The van der Waals surface area contributed by atoms with Crippen molar-refractivity contribution in [3.63, 3.8) is 0 Å². The van der Waals surface area contributed by atoms with Gasteiger partial charge in [0, 0.05) is 12.3 Å². The minimum Gasteiger partial charge on any atom is -0.488 e. The van der Waals surface area contributed by atoms with Gasteiger partial charge in [-0.05, 0) is 50.2 Å². The Kier molecular flexibility index (Phi) is 5.06. The first kappa shape index (κ1) is 15.3. The third-order valence-electron chi connectivity index (χ3n) is 4.01. The molecule has 0 saturated carbocycles. The second-order valence-electron chi connectivity index (χ2n) is 5.54. The predicted molar refractivity (Wildman–Crippen MR) is 81.2 cm³/mol. The maximum absolute atomic E-state index is 10.5. The van der Waals surface area contributed by atoms with E-state index in [1.54, 1.807) is 18.5 Å². The maximum atomic E-state index is 10.5. The van der Waals surface area contributed by atoms with Crippen molar-refractivity contribution in [2.24, 2.45) is 0 Å². The Bertz CT molecular complexity index is 497. The van der Waals surface area contributed by atoms with Crippen LogP contribution in [0, 0.1) is 0 Å². The number of rotatable bonds is 5. The predicted octanol–water partition coefficient (Wildman–Crippen LogP) is 4.15. The number of halogens is 1. The molecule has 20 heavy (non-hydrogen) atoms. The number of aliphatic hydroxyl groups is 1. The van der Waals surface area contributed by atoms with Gasteiger partial charge in [-0.2, -0.15) is 0 Å². The molecule has 0 spiro atoms. The standard InChI is InChI=1S/C16H22ClNO2/c1-3-16(2,19)15-7-5-4-6-12(15)11-20-14-8-13(17)9-18-10-14/h8-10,19H,3-7,11H2,1-2H3. The highest BCUT2D eigenvalue weighted by Gasteiger charge is 2.28. The lowest BCUT2D eigenvalue weighted by Crippen LogP contribution is -2.29. The maximum Gasteiger partial charge on any atom is 0.139 e. The van der Waals surface area contributed by atoms with Crippen LogP contribution in [0.3, 0.4) is 0 Å². The van der Waals surface area contributed by atoms with Crippen molar-refractivity contribution in [2.75, 3.05) is 6.61 Å². The number of nitrogens with zero attached hydrogens (tertiary/aromatic N) is 1. The van der Waals surface area contributed by atoms with Gasteiger partial charge >= 0.3 is 0 Å². The summed E-state index contributed by atoms with van der Waals surface area (Å²) in [6.45, 7) is 4.42. The van der Waals surface area contributed by atoms with Gasteiger partial charge in [0.1, 0.15) is 12.4 Å². The third-order valence-corrected chi connectivity index (χ3v) is 4.22. The summed E-state index contributed by atoms with van der Waals surface area (Å²) >= 11 is 5.90. The van der Waals surface area contributed by atoms with E-state index < -0.39 is 5.60 Å². The van der Waals surface area contributed by atoms with Gasteiger partial charge in [0.2, 0.25) is 0 Å². The zero-order valence-electron chi connectivity index (χ0n) is 12.2. The van der Waals surface area contributed by atoms with E-state index in [0.29, 0.717) is 17.4 Å². The summed E-state index contributed by atoms with van der Waals surface area (Å²) in [4.78, 5) is 4.01. The molecule has 0 fully saturated rings. The Morgan fingerprint density at radius 2 is 2.10 bits per heavy atom. The van der Waals surface area contributed by atoms with Crippen LogP contribution < -0.4 is 4.74 Å². The van der Waals surface area contributed by atoms with Crippen molar-refractivity contribution in [3.8, 4) is 5.75 Å². The van der Waals surface area contributed by atoms with E-state index in [1.165, 1.54) is 5.57 Å². The van der Waals surface area contributed by atoms with E-state index >= 15 is 0 Å². The average Bonchev–Trinajstić information content (AvgIpc) is 2.45. The van der Waals surface area contributed by atoms with Crippen LogP contribution in [0.15, 0.2) is 29.6 Å². The Hall–Kier alpha value is -1.06. The summed E-state index contributed by atoms with van der Waals surface area (Å²) in [7, 11) is 0. The average molecular weight is 296 g/mol. The van der Waals surface area contributed by atoms with E-state index in [1.807, 2.05) is 13.8 Å². The first-order valence-electron chi connectivity index (χ1n) is 7.20. The van der Waals surface area contributed by atoms with E-state index in [-0.39, 0.29) is 0 Å². The number of aromatic nitrogens is 1. The number of pyridine rings is 1. The summed E-state index contributed by atoms with van der Waals surface area (Å²) in [5.41, 5.74) is 1.66. The van der Waals surface area contributed by atoms with Crippen LogP contribution in [-0.4, -0.2) is 22.3 Å². The highest BCUT2D eigenvalue weighted by Crippen LogP contribution is 2.34. The number of hydrogen-bond acceptors (Lipinski definition) is 3.